The second kappa shape index (κ2) is 6.85. The standard InChI is InChI=1S/C13H20N2O8P.W/c1-8-12(3,18)11(2,7-22-24(19,20)21)23-13(8,4)15-6-5-9(16)14-10(15)17;/h5-6,18H,7H2,1-4H3,(H,14,16,17)(H2,19,20,21);/q-1;+2. The quantitative estimate of drug-likeness (QED) is 0.290. The Morgan fingerprint density at radius 2 is 1.92 bits per heavy atom. The minimum absolute atomic E-state index is 0. The maximum Gasteiger partial charge on any atom is 2.00 e. The predicted molar refractivity (Wildman–Crippen MR) is 82.0 cm³/mol. The molecular weight excluding hydrogens is 527 g/mol. The summed E-state index contributed by atoms with van der Waals surface area (Å²) in [6.45, 7) is 5.23. The van der Waals surface area contributed by atoms with Gasteiger partial charge in [0, 0.05) is 18.0 Å². The Labute approximate surface area is 157 Å². The molecule has 4 N–H and O–H groups in total. The van der Waals surface area contributed by atoms with Crippen LogP contribution in [0.3, 0.4) is 0 Å². The molecule has 0 radical (unpaired) electrons. The van der Waals surface area contributed by atoms with Gasteiger partial charge in [0.05, 0.1) is 12.2 Å². The number of phosphoric ester groups is 1. The van der Waals surface area contributed by atoms with Gasteiger partial charge in [0.2, 0.25) is 0 Å². The van der Waals surface area contributed by atoms with Crippen molar-refractivity contribution in [3.63, 3.8) is 0 Å². The summed E-state index contributed by atoms with van der Waals surface area (Å²) >= 11 is 0. The molecule has 0 aliphatic carbocycles. The topological polar surface area (TPSA) is 151 Å². The molecule has 1 aliphatic heterocycles. The van der Waals surface area contributed by atoms with Crippen LogP contribution in [0.5, 0.6) is 0 Å². The van der Waals surface area contributed by atoms with Crippen molar-refractivity contribution in [1.82, 2.24) is 9.55 Å². The summed E-state index contributed by atoms with van der Waals surface area (Å²) in [5, 5.41) is 10.8. The van der Waals surface area contributed by atoms with E-state index in [-0.39, 0.29) is 21.1 Å². The number of phosphoric acid groups is 1. The fourth-order valence-electron chi connectivity index (χ4n) is 2.82. The van der Waals surface area contributed by atoms with Crippen molar-refractivity contribution < 1.29 is 49.8 Å². The van der Waals surface area contributed by atoms with Crippen LogP contribution in [0.25, 0.3) is 0 Å². The zero-order valence-corrected chi connectivity index (χ0v) is 17.9. The second-order valence-electron chi connectivity index (χ2n) is 6.26. The van der Waals surface area contributed by atoms with Crippen molar-refractivity contribution in [3.8, 4) is 0 Å². The summed E-state index contributed by atoms with van der Waals surface area (Å²) in [6, 6.07) is 1.12. The molecule has 1 aromatic heterocycles. The van der Waals surface area contributed by atoms with Gasteiger partial charge in [0.15, 0.2) is 0 Å². The summed E-state index contributed by atoms with van der Waals surface area (Å²) in [6.07, 6.45) is 1.22. The van der Waals surface area contributed by atoms with Gasteiger partial charge >= 0.3 is 34.6 Å². The molecule has 1 saturated heterocycles. The first kappa shape index (κ1) is 22.4. The number of aromatic amines is 1. The molecule has 3 atom stereocenters. The van der Waals surface area contributed by atoms with E-state index in [1.165, 1.54) is 27.0 Å². The van der Waals surface area contributed by atoms with Crippen LogP contribution in [0, 0.1) is 5.92 Å². The zero-order valence-electron chi connectivity index (χ0n) is 14.0. The summed E-state index contributed by atoms with van der Waals surface area (Å²) in [5.74, 6) is 0.306. The van der Waals surface area contributed by atoms with Crippen LogP contribution in [0.4, 0.5) is 0 Å². The van der Waals surface area contributed by atoms with Crippen LogP contribution >= 0.6 is 7.82 Å². The maximum absolute atomic E-state index is 12.1. The van der Waals surface area contributed by atoms with E-state index in [2.05, 4.69) is 9.51 Å². The molecule has 2 rings (SSSR count). The van der Waals surface area contributed by atoms with E-state index in [4.69, 9.17) is 14.5 Å². The Kier molecular flexibility index (Phi) is 6.15. The van der Waals surface area contributed by atoms with Gasteiger partial charge in [-0.25, -0.2) is 15.3 Å². The molecule has 1 aliphatic rings. The Morgan fingerprint density at radius 3 is 2.40 bits per heavy atom. The number of nitrogens with one attached hydrogen (secondary N) is 1. The molecule has 12 heteroatoms. The minimum Gasteiger partial charge on any atom is -0.419 e. The summed E-state index contributed by atoms with van der Waals surface area (Å²) in [5.41, 5.74) is -6.03. The predicted octanol–water partition coefficient (Wildman–Crippen LogP) is -0.550. The maximum atomic E-state index is 12.1. The van der Waals surface area contributed by atoms with Gasteiger partial charge in [-0.1, -0.05) is 6.92 Å². The Balaban J connectivity index is 0.00000312. The smallest absolute Gasteiger partial charge is 0.419 e. The zero-order chi connectivity index (χ0) is 18.6. The number of nitrogens with zero attached hydrogens (tertiary/aromatic N) is 1. The fraction of sp³-hybridized carbons (Fsp3) is 0.615. The molecule has 10 nitrogen and oxygen atoms in total. The molecule has 0 amide bonds. The molecule has 0 bridgehead atoms. The summed E-state index contributed by atoms with van der Waals surface area (Å²) in [4.78, 5) is 43.2. The molecule has 0 spiro atoms. The third-order valence-corrected chi connectivity index (χ3v) is 5.14. The number of aliphatic hydroxyl groups is 1. The van der Waals surface area contributed by atoms with Crippen molar-refractivity contribution in [2.24, 2.45) is 0 Å². The van der Waals surface area contributed by atoms with Gasteiger partial charge in [-0.05, 0) is 19.4 Å². The molecule has 1 aromatic rings. The van der Waals surface area contributed by atoms with Crippen LogP contribution in [0.2, 0.25) is 0 Å². The van der Waals surface area contributed by atoms with Crippen molar-refractivity contribution >= 4 is 7.82 Å². The second-order valence-corrected chi connectivity index (χ2v) is 7.50. The number of H-pyrrole nitrogens is 1. The van der Waals surface area contributed by atoms with E-state index in [1.54, 1.807) is 6.92 Å². The van der Waals surface area contributed by atoms with Gasteiger partial charge in [-0.2, -0.15) is 6.92 Å². The third kappa shape index (κ3) is 3.90. The minimum atomic E-state index is -4.78. The van der Waals surface area contributed by atoms with Gasteiger partial charge in [-0.15, -0.1) is 0 Å². The SMILES string of the molecule is C[C-]1C(C)(n2ccc(=O)[nH]c2=O)OC(C)(COP(=O)(O)O)C1(C)O.[W+2]. The first-order chi connectivity index (χ1) is 10.7. The first-order valence-electron chi connectivity index (χ1n) is 7.02. The monoisotopic (exact) mass is 547 g/mol. The van der Waals surface area contributed by atoms with Crippen molar-refractivity contribution in [1.29, 1.82) is 0 Å². The number of hydrogen-bond acceptors (Lipinski definition) is 6. The van der Waals surface area contributed by atoms with Crippen molar-refractivity contribution in [3.05, 3.63) is 39.0 Å². The Hall–Kier alpha value is -0.602. The average molecular weight is 547 g/mol. The van der Waals surface area contributed by atoms with Gasteiger partial charge < -0.3 is 19.6 Å². The van der Waals surface area contributed by atoms with E-state index >= 15 is 0 Å². The average Bonchev–Trinajstić information content (AvgIpc) is 2.55. The molecule has 0 aromatic carbocycles. The van der Waals surface area contributed by atoms with Gasteiger partial charge in [0.1, 0.15) is 0 Å². The molecule has 3 unspecified atom stereocenters. The Bertz CT molecular complexity index is 802. The van der Waals surface area contributed by atoms with E-state index in [0.29, 0.717) is 5.92 Å². The normalized spacial score (nSPS) is 33.2. The first-order valence-corrected chi connectivity index (χ1v) is 8.56. The number of ether oxygens (including phenoxy) is 1. The van der Waals surface area contributed by atoms with Crippen LogP contribution in [-0.2, 0) is 40.6 Å². The van der Waals surface area contributed by atoms with E-state index in [9.17, 15) is 19.3 Å². The fourth-order valence-corrected chi connectivity index (χ4v) is 3.24. The van der Waals surface area contributed by atoms with Crippen LogP contribution in [0.1, 0.15) is 27.7 Å². The number of aromatic nitrogens is 2. The molecule has 140 valence electrons. The van der Waals surface area contributed by atoms with E-state index in [0.717, 1.165) is 10.6 Å². The summed E-state index contributed by atoms with van der Waals surface area (Å²) in [7, 11) is -4.78. The third-order valence-electron chi connectivity index (χ3n) is 4.67. The summed E-state index contributed by atoms with van der Waals surface area (Å²) < 4.78 is 22.4. The van der Waals surface area contributed by atoms with Crippen LogP contribution < -0.4 is 11.2 Å². The van der Waals surface area contributed by atoms with Gasteiger partial charge in [0.25, 0.3) is 5.56 Å². The molecule has 1 fully saturated rings. The van der Waals surface area contributed by atoms with Crippen molar-refractivity contribution in [2.75, 3.05) is 6.61 Å². The van der Waals surface area contributed by atoms with Crippen LogP contribution in [0.15, 0.2) is 21.9 Å². The van der Waals surface area contributed by atoms with E-state index < -0.39 is 42.6 Å². The molecular formula is C13H20N2O8PW+. The molecule has 0 saturated carbocycles. The number of hydrogen-bond donors (Lipinski definition) is 4. The molecule has 25 heavy (non-hydrogen) atoms. The van der Waals surface area contributed by atoms with E-state index in [1.807, 2.05) is 0 Å². The van der Waals surface area contributed by atoms with Crippen molar-refractivity contribution in [2.45, 2.75) is 44.6 Å². The van der Waals surface area contributed by atoms with Crippen LogP contribution in [-0.4, -0.2) is 42.3 Å². The molecule has 2 heterocycles. The number of rotatable bonds is 4. The Morgan fingerprint density at radius 1 is 1.36 bits per heavy atom. The largest absolute Gasteiger partial charge is 2.00 e. The van der Waals surface area contributed by atoms with Gasteiger partial charge in [-0.3, -0.25) is 18.9 Å².